The van der Waals surface area contributed by atoms with Crippen LogP contribution in [0.5, 0.6) is 0 Å². The monoisotopic (exact) mass is 393 g/mol. The zero-order chi connectivity index (χ0) is 20.1. The number of anilines is 1. The standard InChI is InChI=1S/C17H19N3O6S/c1-10(2)20-16(23)15(22)18(17(20)24)9-14(21)12-4-5-13-11(8-12)6-7-19(13)27(3,25)26/h4-5,8,10H,6-7,9H2,1-3H3. The Hall–Kier alpha value is -2.75. The normalized spacial score (nSPS) is 17.3. The van der Waals surface area contributed by atoms with Crippen LogP contribution in [0.3, 0.4) is 0 Å². The largest absolute Gasteiger partial charge is 0.334 e. The Kier molecular flexibility index (Phi) is 4.54. The molecule has 0 N–H and O–H groups in total. The van der Waals surface area contributed by atoms with Crippen molar-refractivity contribution in [1.82, 2.24) is 9.80 Å². The summed E-state index contributed by atoms with van der Waals surface area (Å²) in [5.41, 5.74) is 1.47. The molecule has 0 aromatic heterocycles. The Bertz CT molecular complexity index is 969. The molecule has 10 heteroatoms. The quantitative estimate of drug-likeness (QED) is 0.406. The molecule has 0 spiro atoms. The summed E-state index contributed by atoms with van der Waals surface area (Å²) in [6.45, 7) is 2.96. The van der Waals surface area contributed by atoms with E-state index in [9.17, 15) is 27.6 Å². The lowest BCUT2D eigenvalue weighted by Crippen LogP contribution is -2.39. The van der Waals surface area contributed by atoms with E-state index in [2.05, 4.69) is 0 Å². The predicted octanol–water partition coefficient (Wildman–Crippen LogP) is 0.391. The van der Waals surface area contributed by atoms with Crippen LogP contribution in [0.25, 0.3) is 0 Å². The molecule has 0 saturated carbocycles. The lowest BCUT2D eigenvalue weighted by molar-refractivity contribution is -0.143. The highest BCUT2D eigenvalue weighted by atomic mass is 32.2. The number of urea groups is 1. The minimum atomic E-state index is -3.39. The lowest BCUT2D eigenvalue weighted by atomic mass is 10.0. The van der Waals surface area contributed by atoms with E-state index in [1.165, 1.54) is 16.4 Å². The van der Waals surface area contributed by atoms with Gasteiger partial charge in [0.2, 0.25) is 10.0 Å². The highest BCUT2D eigenvalue weighted by Crippen LogP contribution is 2.31. The third-order valence-corrected chi connectivity index (χ3v) is 5.74. The van der Waals surface area contributed by atoms with Crippen LogP contribution in [-0.4, -0.2) is 67.2 Å². The molecule has 2 aliphatic rings. The molecule has 1 fully saturated rings. The molecule has 3 rings (SSSR count). The number of hydrogen-bond acceptors (Lipinski definition) is 6. The molecular formula is C17H19N3O6S. The summed E-state index contributed by atoms with van der Waals surface area (Å²) in [7, 11) is -3.39. The molecule has 9 nitrogen and oxygen atoms in total. The van der Waals surface area contributed by atoms with Gasteiger partial charge in [0.25, 0.3) is 0 Å². The van der Waals surface area contributed by atoms with Crippen LogP contribution in [0.2, 0.25) is 0 Å². The van der Waals surface area contributed by atoms with E-state index in [4.69, 9.17) is 0 Å². The van der Waals surface area contributed by atoms with E-state index in [-0.39, 0.29) is 5.56 Å². The third-order valence-electron chi connectivity index (χ3n) is 4.56. The summed E-state index contributed by atoms with van der Waals surface area (Å²) in [6.07, 6.45) is 1.58. The Morgan fingerprint density at radius 1 is 1.15 bits per heavy atom. The molecule has 1 saturated heterocycles. The number of sulfonamides is 1. The molecule has 0 atom stereocenters. The molecule has 2 heterocycles. The maximum atomic E-state index is 12.5. The Balaban J connectivity index is 1.81. The van der Waals surface area contributed by atoms with Gasteiger partial charge in [0.15, 0.2) is 5.78 Å². The van der Waals surface area contributed by atoms with Gasteiger partial charge in [0.1, 0.15) is 0 Å². The van der Waals surface area contributed by atoms with Gasteiger partial charge in [0.05, 0.1) is 18.5 Å². The maximum absolute atomic E-state index is 12.5. The van der Waals surface area contributed by atoms with E-state index in [0.717, 1.165) is 11.2 Å². The second-order valence-electron chi connectivity index (χ2n) is 6.79. The smallest absolute Gasteiger partial charge is 0.292 e. The molecule has 1 aromatic rings. The zero-order valence-electron chi connectivity index (χ0n) is 15.1. The van der Waals surface area contributed by atoms with Crippen molar-refractivity contribution in [2.75, 3.05) is 23.7 Å². The van der Waals surface area contributed by atoms with E-state index in [0.29, 0.717) is 29.1 Å². The average Bonchev–Trinajstić information content (AvgIpc) is 3.09. The first-order chi connectivity index (χ1) is 12.5. The number of benzene rings is 1. The van der Waals surface area contributed by atoms with Gasteiger partial charge >= 0.3 is 17.8 Å². The number of ketones is 1. The number of imide groups is 2. The summed E-state index contributed by atoms with van der Waals surface area (Å²) in [4.78, 5) is 50.2. The fourth-order valence-corrected chi connectivity index (χ4v) is 4.20. The van der Waals surface area contributed by atoms with Gasteiger partial charge in [-0.2, -0.15) is 0 Å². The van der Waals surface area contributed by atoms with Crippen LogP contribution in [0.1, 0.15) is 29.8 Å². The van der Waals surface area contributed by atoms with Crippen molar-refractivity contribution in [2.24, 2.45) is 0 Å². The van der Waals surface area contributed by atoms with E-state index >= 15 is 0 Å². The number of hydrogen-bond donors (Lipinski definition) is 0. The van der Waals surface area contributed by atoms with Crippen molar-refractivity contribution < 1.29 is 27.6 Å². The number of Topliss-reactive ketones (excluding diaryl/α,β-unsaturated/α-hetero) is 1. The highest BCUT2D eigenvalue weighted by molar-refractivity contribution is 7.92. The highest BCUT2D eigenvalue weighted by Gasteiger charge is 2.46. The SMILES string of the molecule is CC(C)N1C(=O)C(=O)N(CC(=O)c2ccc3c(c2)CCN3S(C)(=O)=O)C1=O. The van der Waals surface area contributed by atoms with Crippen molar-refractivity contribution in [3.8, 4) is 0 Å². The fraction of sp³-hybridized carbons (Fsp3) is 0.412. The summed E-state index contributed by atoms with van der Waals surface area (Å²) < 4.78 is 24.8. The third kappa shape index (κ3) is 3.20. The number of carbonyl (C=O) groups excluding carboxylic acids is 4. The van der Waals surface area contributed by atoms with Gasteiger partial charge in [-0.25, -0.2) is 18.1 Å². The molecule has 0 aliphatic carbocycles. The average molecular weight is 393 g/mol. The molecular weight excluding hydrogens is 374 g/mol. The van der Waals surface area contributed by atoms with Crippen LogP contribution in [-0.2, 0) is 26.0 Å². The number of carbonyl (C=O) groups is 4. The molecule has 4 amide bonds. The number of rotatable bonds is 5. The van der Waals surface area contributed by atoms with Crippen molar-refractivity contribution in [3.63, 3.8) is 0 Å². The van der Waals surface area contributed by atoms with E-state index in [1.54, 1.807) is 19.9 Å². The summed E-state index contributed by atoms with van der Waals surface area (Å²) >= 11 is 0. The van der Waals surface area contributed by atoms with Crippen LogP contribution in [0.4, 0.5) is 10.5 Å². The van der Waals surface area contributed by atoms with Crippen LogP contribution >= 0.6 is 0 Å². The second kappa shape index (κ2) is 6.45. The Labute approximate surface area is 156 Å². The lowest BCUT2D eigenvalue weighted by Gasteiger charge is -2.18. The summed E-state index contributed by atoms with van der Waals surface area (Å²) in [6, 6.07) is 3.26. The first-order valence-electron chi connectivity index (χ1n) is 8.35. The molecule has 144 valence electrons. The molecule has 0 bridgehead atoms. The first kappa shape index (κ1) is 19.0. The summed E-state index contributed by atoms with van der Waals surface area (Å²) in [5, 5.41) is 0. The maximum Gasteiger partial charge on any atom is 0.334 e. The van der Waals surface area contributed by atoms with Gasteiger partial charge in [-0.1, -0.05) is 0 Å². The number of nitrogens with zero attached hydrogens (tertiary/aromatic N) is 3. The van der Waals surface area contributed by atoms with Gasteiger partial charge in [-0.05, 0) is 44.0 Å². The minimum absolute atomic E-state index is 0.250. The van der Waals surface area contributed by atoms with Gasteiger partial charge in [0, 0.05) is 18.2 Å². The van der Waals surface area contributed by atoms with Crippen molar-refractivity contribution in [3.05, 3.63) is 29.3 Å². The fourth-order valence-electron chi connectivity index (χ4n) is 3.24. The number of fused-ring (bicyclic) bond motifs is 1. The Morgan fingerprint density at radius 2 is 1.81 bits per heavy atom. The topological polar surface area (TPSA) is 112 Å². The van der Waals surface area contributed by atoms with Gasteiger partial charge in [-0.3, -0.25) is 23.6 Å². The second-order valence-corrected chi connectivity index (χ2v) is 8.70. The first-order valence-corrected chi connectivity index (χ1v) is 10.2. The zero-order valence-corrected chi connectivity index (χ0v) is 15.9. The molecule has 0 unspecified atom stereocenters. The van der Waals surface area contributed by atoms with Crippen molar-refractivity contribution in [1.29, 1.82) is 0 Å². The number of amides is 4. The van der Waals surface area contributed by atoms with E-state index in [1.807, 2.05) is 0 Å². The van der Waals surface area contributed by atoms with Gasteiger partial charge in [-0.15, -0.1) is 0 Å². The molecule has 1 aromatic carbocycles. The summed E-state index contributed by atoms with van der Waals surface area (Å²) in [5.74, 6) is -2.47. The van der Waals surface area contributed by atoms with Crippen LogP contribution in [0, 0.1) is 0 Å². The van der Waals surface area contributed by atoms with Crippen LogP contribution < -0.4 is 4.31 Å². The molecule has 0 radical (unpaired) electrons. The van der Waals surface area contributed by atoms with E-state index < -0.39 is 46.2 Å². The van der Waals surface area contributed by atoms with Crippen molar-refractivity contribution in [2.45, 2.75) is 26.3 Å². The van der Waals surface area contributed by atoms with Gasteiger partial charge < -0.3 is 0 Å². The minimum Gasteiger partial charge on any atom is -0.292 e. The molecule has 2 aliphatic heterocycles. The predicted molar refractivity (Wildman–Crippen MR) is 95.8 cm³/mol. The van der Waals surface area contributed by atoms with Crippen LogP contribution in [0.15, 0.2) is 18.2 Å². The Morgan fingerprint density at radius 3 is 2.37 bits per heavy atom. The van der Waals surface area contributed by atoms with Crippen molar-refractivity contribution >= 4 is 39.3 Å². The molecule has 27 heavy (non-hydrogen) atoms.